The lowest BCUT2D eigenvalue weighted by molar-refractivity contribution is -0.118. The largest absolute Gasteiger partial charge is 0.490 e. The quantitative estimate of drug-likeness (QED) is 0.171. The van der Waals surface area contributed by atoms with Crippen molar-refractivity contribution >= 4 is 61.8 Å². The first kappa shape index (κ1) is 24.8. The maximum atomic E-state index is 12.4. The highest BCUT2D eigenvalue weighted by atomic mass is 127. The molecule has 1 amide bonds. The van der Waals surface area contributed by atoms with E-state index in [1.165, 1.54) is 0 Å². The molecule has 7 heteroatoms. The Labute approximate surface area is 215 Å². The summed E-state index contributed by atoms with van der Waals surface area (Å²) >= 11 is 5.56. The minimum absolute atomic E-state index is 0.151. The molecule has 1 N–H and O–H groups in total. The summed E-state index contributed by atoms with van der Waals surface area (Å²) in [4.78, 5) is 12.4. The summed E-state index contributed by atoms with van der Waals surface area (Å²) < 4.78 is 13.3. The Bertz CT molecular complexity index is 1220. The van der Waals surface area contributed by atoms with Gasteiger partial charge in [-0.05, 0) is 95.6 Å². The van der Waals surface area contributed by atoms with Gasteiger partial charge in [0.15, 0.2) is 18.1 Å². The zero-order chi connectivity index (χ0) is 23.8. The number of anilines is 1. The van der Waals surface area contributed by atoms with Gasteiger partial charge in [0.05, 0.1) is 21.8 Å². The van der Waals surface area contributed by atoms with Crippen molar-refractivity contribution in [2.75, 3.05) is 18.5 Å². The molecular weight excluding hydrogens is 595 g/mol. The number of nitrogens with one attached hydrogen (secondary N) is 1. The minimum atomic E-state index is -0.259. The predicted octanol–water partition coefficient (Wildman–Crippen LogP) is 6.84. The summed E-state index contributed by atoms with van der Waals surface area (Å²) in [7, 11) is 0. The Kier molecular flexibility index (Phi) is 8.92. The molecule has 0 aliphatic rings. The second-order valence-electron chi connectivity index (χ2n) is 7.15. The third-order valence-corrected chi connectivity index (χ3v) is 5.90. The minimum Gasteiger partial charge on any atom is -0.490 e. The van der Waals surface area contributed by atoms with E-state index in [1.54, 1.807) is 0 Å². The van der Waals surface area contributed by atoms with E-state index in [9.17, 15) is 10.1 Å². The van der Waals surface area contributed by atoms with Gasteiger partial charge in [-0.2, -0.15) is 5.26 Å². The number of nitriles is 1. The lowest BCUT2D eigenvalue weighted by atomic mass is 10.0. The predicted molar refractivity (Wildman–Crippen MR) is 143 cm³/mol. The lowest BCUT2D eigenvalue weighted by Crippen LogP contribution is -2.20. The number of ether oxygens (including phenoxy) is 2. The monoisotopic (exact) mass is 616 g/mol. The number of allylic oxidation sites excluding steroid dienone is 1. The van der Waals surface area contributed by atoms with Crippen LogP contribution >= 0.6 is 38.5 Å². The normalized spacial score (nSPS) is 10.9. The molecule has 168 valence electrons. The maximum Gasteiger partial charge on any atom is 0.262 e. The van der Waals surface area contributed by atoms with E-state index < -0.39 is 0 Å². The molecular formula is C26H22BrIN2O3. The standard InChI is InChI=1S/C26H22BrIN2O3/c1-3-32-24-14-18(12-20(15-29)19-7-9-21(27)10-8-19)13-23(28)26(24)33-16-25(31)30-22-6-4-5-17(2)11-22/h4-14H,3,16H2,1-2H3,(H,30,31)/b20-12+. The molecule has 0 radical (unpaired) electrons. The number of nitrogens with zero attached hydrogens (tertiary/aromatic N) is 1. The van der Waals surface area contributed by atoms with Gasteiger partial charge in [-0.3, -0.25) is 4.79 Å². The van der Waals surface area contributed by atoms with Crippen LogP contribution in [0.3, 0.4) is 0 Å². The first-order valence-corrected chi connectivity index (χ1v) is 12.1. The zero-order valence-corrected chi connectivity index (χ0v) is 21.9. The Morgan fingerprint density at radius 2 is 1.91 bits per heavy atom. The van der Waals surface area contributed by atoms with Crippen molar-refractivity contribution in [1.82, 2.24) is 0 Å². The van der Waals surface area contributed by atoms with Gasteiger partial charge >= 0.3 is 0 Å². The zero-order valence-electron chi connectivity index (χ0n) is 18.2. The molecule has 0 bridgehead atoms. The van der Waals surface area contributed by atoms with Gasteiger partial charge in [-0.15, -0.1) is 0 Å². The van der Waals surface area contributed by atoms with Crippen molar-refractivity contribution in [3.05, 3.63) is 85.4 Å². The van der Waals surface area contributed by atoms with E-state index in [4.69, 9.17) is 9.47 Å². The maximum absolute atomic E-state index is 12.4. The molecule has 0 fully saturated rings. The van der Waals surface area contributed by atoms with Crippen molar-refractivity contribution in [3.8, 4) is 17.6 Å². The van der Waals surface area contributed by atoms with E-state index in [2.05, 4.69) is 49.9 Å². The van der Waals surface area contributed by atoms with Crippen LogP contribution in [0.25, 0.3) is 11.6 Å². The summed E-state index contributed by atoms with van der Waals surface area (Å²) in [5.41, 5.74) is 3.94. The molecule has 0 saturated carbocycles. The van der Waals surface area contributed by atoms with Crippen molar-refractivity contribution in [1.29, 1.82) is 5.26 Å². The number of carbonyl (C=O) groups excluding carboxylic acids is 1. The third-order valence-electron chi connectivity index (χ3n) is 4.57. The molecule has 3 aromatic rings. The van der Waals surface area contributed by atoms with Crippen LogP contribution in [0, 0.1) is 21.8 Å². The number of halogens is 2. The topological polar surface area (TPSA) is 71.3 Å². The highest BCUT2D eigenvalue weighted by Crippen LogP contribution is 2.35. The molecule has 0 aliphatic heterocycles. The van der Waals surface area contributed by atoms with E-state index in [0.717, 1.165) is 30.4 Å². The summed E-state index contributed by atoms with van der Waals surface area (Å²) in [6, 6.07) is 21.1. The van der Waals surface area contributed by atoms with Gasteiger partial charge < -0.3 is 14.8 Å². The van der Waals surface area contributed by atoms with Gasteiger partial charge in [-0.25, -0.2) is 0 Å². The fourth-order valence-electron chi connectivity index (χ4n) is 3.11. The van der Waals surface area contributed by atoms with Crippen LogP contribution < -0.4 is 14.8 Å². The lowest BCUT2D eigenvalue weighted by Gasteiger charge is -2.15. The number of hydrogen-bond acceptors (Lipinski definition) is 4. The molecule has 5 nitrogen and oxygen atoms in total. The van der Waals surface area contributed by atoms with Crippen molar-refractivity contribution < 1.29 is 14.3 Å². The molecule has 3 aromatic carbocycles. The molecule has 0 unspecified atom stereocenters. The van der Waals surface area contributed by atoms with Crippen molar-refractivity contribution in [2.45, 2.75) is 13.8 Å². The number of aryl methyl sites for hydroxylation is 1. The number of carbonyl (C=O) groups is 1. The van der Waals surface area contributed by atoms with Gasteiger partial charge in [-0.1, -0.05) is 40.2 Å². The molecule has 0 aromatic heterocycles. The summed E-state index contributed by atoms with van der Waals surface area (Å²) in [6.45, 7) is 4.13. The first-order valence-electron chi connectivity index (χ1n) is 10.2. The molecule has 0 spiro atoms. The summed E-state index contributed by atoms with van der Waals surface area (Å²) in [6.07, 6.45) is 1.81. The van der Waals surface area contributed by atoms with Crippen LogP contribution in [-0.4, -0.2) is 19.1 Å². The first-order chi connectivity index (χ1) is 15.9. The van der Waals surface area contributed by atoms with Crippen LogP contribution in [-0.2, 0) is 4.79 Å². The second-order valence-corrected chi connectivity index (χ2v) is 9.22. The van der Waals surface area contributed by atoms with Crippen LogP contribution in [0.1, 0.15) is 23.6 Å². The number of amides is 1. The molecule has 0 atom stereocenters. The van der Waals surface area contributed by atoms with E-state index in [-0.39, 0.29) is 12.5 Å². The van der Waals surface area contributed by atoms with Crippen molar-refractivity contribution in [3.63, 3.8) is 0 Å². The van der Waals surface area contributed by atoms with Crippen molar-refractivity contribution in [2.24, 2.45) is 0 Å². The third kappa shape index (κ3) is 7.07. The Balaban J connectivity index is 1.81. The second kappa shape index (κ2) is 11.9. The fourth-order valence-corrected chi connectivity index (χ4v) is 4.15. The highest BCUT2D eigenvalue weighted by Gasteiger charge is 2.14. The molecule has 0 saturated heterocycles. The Hall–Kier alpha value is -2.83. The van der Waals surface area contributed by atoms with Gasteiger partial charge in [0.25, 0.3) is 5.91 Å². The number of rotatable bonds is 8. The average Bonchev–Trinajstić information content (AvgIpc) is 2.78. The SMILES string of the molecule is CCOc1cc(/C=C(\C#N)c2ccc(Br)cc2)cc(I)c1OCC(=O)Nc1cccc(C)c1. The van der Waals surface area contributed by atoms with E-state index >= 15 is 0 Å². The number of benzene rings is 3. The Morgan fingerprint density at radius 1 is 1.15 bits per heavy atom. The fraction of sp³-hybridized carbons (Fsp3) is 0.154. The van der Waals surface area contributed by atoms with Crippen LogP contribution in [0.4, 0.5) is 5.69 Å². The summed E-state index contributed by atoms with van der Waals surface area (Å²) in [5, 5.41) is 12.5. The molecule has 0 heterocycles. The molecule has 3 rings (SSSR count). The average molecular weight is 617 g/mol. The van der Waals surface area contributed by atoms with Crippen LogP contribution in [0.2, 0.25) is 0 Å². The van der Waals surface area contributed by atoms with E-state index in [1.807, 2.05) is 80.6 Å². The molecule has 0 aliphatic carbocycles. The van der Waals surface area contributed by atoms with Crippen LogP contribution in [0.15, 0.2) is 65.1 Å². The number of hydrogen-bond donors (Lipinski definition) is 1. The molecule has 33 heavy (non-hydrogen) atoms. The van der Waals surface area contributed by atoms with Gasteiger partial charge in [0.2, 0.25) is 0 Å². The Morgan fingerprint density at radius 3 is 2.58 bits per heavy atom. The highest BCUT2D eigenvalue weighted by molar-refractivity contribution is 14.1. The smallest absolute Gasteiger partial charge is 0.262 e. The van der Waals surface area contributed by atoms with Gasteiger partial charge in [0, 0.05) is 10.2 Å². The van der Waals surface area contributed by atoms with Crippen LogP contribution in [0.5, 0.6) is 11.5 Å². The van der Waals surface area contributed by atoms with Gasteiger partial charge in [0.1, 0.15) is 0 Å². The summed E-state index contributed by atoms with van der Waals surface area (Å²) in [5.74, 6) is 0.757. The van der Waals surface area contributed by atoms with E-state index in [0.29, 0.717) is 23.7 Å².